The molecule has 7 heteroatoms. The van der Waals surface area contributed by atoms with Crippen LogP contribution in [0.5, 0.6) is 0 Å². The average Bonchev–Trinajstić information content (AvgIpc) is 2.68. The van der Waals surface area contributed by atoms with E-state index in [4.69, 9.17) is 0 Å². The van der Waals surface area contributed by atoms with Crippen molar-refractivity contribution in [2.45, 2.75) is 26.7 Å². The maximum absolute atomic E-state index is 12.7. The molecule has 2 unspecified atom stereocenters. The van der Waals surface area contributed by atoms with Crippen LogP contribution in [-0.2, 0) is 9.59 Å². The molecule has 2 atom stereocenters. The number of halogens is 1. The van der Waals surface area contributed by atoms with E-state index < -0.39 is 0 Å². The van der Waals surface area contributed by atoms with Crippen molar-refractivity contribution < 1.29 is 9.59 Å². The summed E-state index contributed by atoms with van der Waals surface area (Å²) < 4.78 is 0.996. The fourth-order valence-corrected chi connectivity index (χ4v) is 4.61. The van der Waals surface area contributed by atoms with Crippen LogP contribution >= 0.6 is 15.9 Å². The summed E-state index contributed by atoms with van der Waals surface area (Å²) in [6, 6.07) is 7.62. The highest BCUT2D eigenvalue weighted by atomic mass is 79.9. The number of hydrogen-bond acceptors (Lipinski definition) is 4. The second-order valence-corrected chi connectivity index (χ2v) is 9.58. The SMILES string of the molecule is CC1CC(C)CN(C(=O)CN2CCN(CCC(=O)Nc3ccc(Br)cc3)CC2)C1. The Labute approximate surface area is 182 Å². The van der Waals surface area contributed by atoms with Crippen molar-refractivity contribution in [3.63, 3.8) is 0 Å². The highest BCUT2D eigenvalue weighted by Crippen LogP contribution is 2.21. The fraction of sp³-hybridized carbons (Fsp3) is 0.636. The highest BCUT2D eigenvalue weighted by molar-refractivity contribution is 9.10. The molecular formula is C22H33BrN4O2. The molecule has 2 heterocycles. The van der Waals surface area contributed by atoms with Crippen molar-refractivity contribution in [1.29, 1.82) is 0 Å². The van der Waals surface area contributed by atoms with Crippen molar-refractivity contribution >= 4 is 33.4 Å². The van der Waals surface area contributed by atoms with Gasteiger partial charge in [0, 0.05) is 62.4 Å². The minimum absolute atomic E-state index is 0.0401. The lowest BCUT2D eigenvalue weighted by atomic mass is 9.92. The fourth-order valence-electron chi connectivity index (χ4n) is 4.35. The summed E-state index contributed by atoms with van der Waals surface area (Å²) in [5, 5.41) is 2.94. The van der Waals surface area contributed by atoms with E-state index in [-0.39, 0.29) is 11.8 Å². The van der Waals surface area contributed by atoms with Crippen molar-refractivity contribution in [2.75, 3.05) is 57.7 Å². The van der Waals surface area contributed by atoms with Gasteiger partial charge in [0.05, 0.1) is 6.54 Å². The van der Waals surface area contributed by atoms with E-state index in [0.717, 1.165) is 56.0 Å². The van der Waals surface area contributed by atoms with E-state index in [1.54, 1.807) is 0 Å². The first-order chi connectivity index (χ1) is 13.9. The van der Waals surface area contributed by atoms with Crippen LogP contribution in [0.4, 0.5) is 5.69 Å². The van der Waals surface area contributed by atoms with Gasteiger partial charge in [0.1, 0.15) is 0 Å². The number of rotatable bonds is 6. The van der Waals surface area contributed by atoms with E-state index in [2.05, 4.69) is 49.8 Å². The number of nitrogens with one attached hydrogen (secondary N) is 1. The predicted octanol–water partition coefficient (Wildman–Crippen LogP) is 2.90. The van der Waals surface area contributed by atoms with E-state index >= 15 is 0 Å². The van der Waals surface area contributed by atoms with Crippen LogP contribution in [0.1, 0.15) is 26.7 Å². The summed E-state index contributed by atoms with van der Waals surface area (Å²) in [7, 11) is 0. The maximum atomic E-state index is 12.7. The molecule has 0 bridgehead atoms. The molecule has 0 spiro atoms. The zero-order chi connectivity index (χ0) is 20.8. The number of amides is 2. The molecule has 0 aromatic heterocycles. The topological polar surface area (TPSA) is 55.9 Å². The molecule has 2 fully saturated rings. The van der Waals surface area contributed by atoms with Crippen LogP contribution in [0.25, 0.3) is 0 Å². The quantitative estimate of drug-likeness (QED) is 0.702. The second-order valence-electron chi connectivity index (χ2n) is 8.67. The third-order valence-corrected chi connectivity index (χ3v) is 6.36. The van der Waals surface area contributed by atoms with E-state index in [1.165, 1.54) is 6.42 Å². The lowest BCUT2D eigenvalue weighted by Gasteiger charge is -2.38. The Morgan fingerprint density at radius 3 is 2.21 bits per heavy atom. The summed E-state index contributed by atoms with van der Waals surface area (Å²) in [6.45, 7) is 11.1. The van der Waals surface area contributed by atoms with Gasteiger partial charge in [0.25, 0.3) is 0 Å². The lowest BCUT2D eigenvalue weighted by molar-refractivity contribution is -0.135. The van der Waals surface area contributed by atoms with Crippen LogP contribution in [0.2, 0.25) is 0 Å². The molecule has 0 radical (unpaired) electrons. The molecule has 0 aliphatic carbocycles. The zero-order valence-electron chi connectivity index (χ0n) is 17.6. The Hall–Kier alpha value is -1.44. The molecule has 3 rings (SSSR count). The summed E-state index contributed by atoms with van der Waals surface area (Å²) in [5.41, 5.74) is 0.822. The number of carbonyl (C=O) groups excluding carboxylic acids is 2. The Balaban J connectivity index is 1.34. The van der Waals surface area contributed by atoms with Gasteiger partial charge in [0.2, 0.25) is 11.8 Å². The van der Waals surface area contributed by atoms with Gasteiger partial charge in [-0.2, -0.15) is 0 Å². The van der Waals surface area contributed by atoms with Gasteiger partial charge in [-0.3, -0.25) is 14.5 Å². The van der Waals surface area contributed by atoms with Gasteiger partial charge in [-0.15, -0.1) is 0 Å². The third kappa shape index (κ3) is 7.08. The predicted molar refractivity (Wildman–Crippen MR) is 120 cm³/mol. The van der Waals surface area contributed by atoms with Gasteiger partial charge >= 0.3 is 0 Å². The van der Waals surface area contributed by atoms with Gasteiger partial charge < -0.3 is 15.1 Å². The molecule has 2 amide bonds. The first kappa shape index (κ1) is 22.2. The monoisotopic (exact) mass is 464 g/mol. The number of piperazine rings is 1. The highest BCUT2D eigenvalue weighted by Gasteiger charge is 2.27. The van der Waals surface area contributed by atoms with Crippen molar-refractivity contribution in [1.82, 2.24) is 14.7 Å². The van der Waals surface area contributed by atoms with Crippen LogP contribution in [0.3, 0.4) is 0 Å². The molecule has 29 heavy (non-hydrogen) atoms. The third-order valence-electron chi connectivity index (χ3n) is 5.83. The summed E-state index contributed by atoms with van der Waals surface area (Å²) in [5.74, 6) is 1.51. The van der Waals surface area contributed by atoms with Crippen LogP contribution in [0.15, 0.2) is 28.7 Å². The van der Waals surface area contributed by atoms with Gasteiger partial charge in [-0.05, 0) is 42.5 Å². The molecule has 2 saturated heterocycles. The van der Waals surface area contributed by atoms with Crippen molar-refractivity contribution in [3.8, 4) is 0 Å². The number of carbonyl (C=O) groups is 2. The van der Waals surface area contributed by atoms with Crippen LogP contribution in [0, 0.1) is 11.8 Å². The largest absolute Gasteiger partial charge is 0.341 e. The van der Waals surface area contributed by atoms with Crippen molar-refractivity contribution in [2.24, 2.45) is 11.8 Å². The minimum Gasteiger partial charge on any atom is -0.341 e. The number of hydrogen-bond donors (Lipinski definition) is 1. The molecule has 2 aliphatic heterocycles. The Morgan fingerprint density at radius 2 is 1.59 bits per heavy atom. The normalized spacial score (nSPS) is 23.8. The Kier molecular flexibility index (Phi) is 8.09. The number of piperidine rings is 1. The lowest BCUT2D eigenvalue weighted by Crippen LogP contribution is -2.52. The number of likely N-dealkylation sites (tertiary alicyclic amines) is 1. The molecular weight excluding hydrogens is 432 g/mol. The van der Waals surface area contributed by atoms with Gasteiger partial charge in [-0.25, -0.2) is 0 Å². The molecule has 1 aromatic carbocycles. The Morgan fingerprint density at radius 1 is 1.00 bits per heavy atom. The van der Waals surface area contributed by atoms with Crippen molar-refractivity contribution in [3.05, 3.63) is 28.7 Å². The number of benzene rings is 1. The zero-order valence-corrected chi connectivity index (χ0v) is 19.2. The minimum atomic E-state index is 0.0401. The number of nitrogens with zero attached hydrogens (tertiary/aromatic N) is 3. The van der Waals surface area contributed by atoms with Crippen LogP contribution < -0.4 is 5.32 Å². The van der Waals surface area contributed by atoms with Crippen LogP contribution in [-0.4, -0.2) is 78.9 Å². The average molecular weight is 465 g/mol. The standard InChI is InChI=1S/C22H33BrN4O2/c1-17-13-18(2)15-27(14-17)22(29)16-26-11-9-25(10-12-26)8-7-21(28)24-20-5-3-19(23)4-6-20/h3-6,17-18H,7-16H2,1-2H3,(H,24,28). The van der Waals surface area contributed by atoms with Gasteiger partial charge in [0.15, 0.2) is 0 Å². The van der Waals surface area contributed by atoms with E-state index in [0.29, 0.717) is 24.8 Å². The summed E-state index contributed by atoms with van der Waals surface area (Å²) >= 11 is 3.39. The van der Waals surface area contributed by atoms with Gasteiger partial charge in [-0.1, -0.05) is 29.8 Å². The summed E-state index contributed by atoms with van der Waals surface area (Å²) in [4.78, 5) is 31.5. The van der Waals surface area contributed by atoms with E-state index in [9.17, 15) is 9.59 Å². The second kappa shape index (κ2) is 10.5. The van der Waals surface area contributed by atoms with E-state index in [1.807, 2.05) is 24.3 Å². The molecule has 6 nitrogen and oxygen atoms in total. The molecule has 1 aromatic rings. The Bertz CT molecular complexity index is 679. The maximum Gasteiger partial charge on any atom is 0.236 e. The molecule has 1 N–H and O–H groups in total. The smallest absolute Gasteiger partial charge is 0.236 e. The molecule has 0 saturated carbocycles. The molecule has 160 valence electrons. The first-order valence-electron chi connectivity index (χ1n) is 10.7. The summed E-state index contributed by atoms with van der Waals surface area (Å²) in [6.07, 6.45) is 1.70. The molecule has 2 aliphatic rings. The first-order valence-corrected chi connectivity index (χ1v) is 11.5. The number of anilines is 1.